The number of carbonyl (C=O) groups excluding carboxylic acids is 2. The van der Waals surface area contributed by atoms with Crippen LogP contribution in [0.5, 0.6) is 0 Å². The third-order valence-corrected chi connectivity index (χ3v) is 4.35. The number of hydrogen-bond acceptors (Lipinski definition) is 6. The number of anilines is 4. The van der Waals surface area contributed by atoms with E-state index in [1.165, 1.54) is 6.92 Å². The monoisotopic (exact) mass is 368 g/mol. The van der Waals surface area contributed by atoms with Crippen molar-refractivity contribution in [2.24, 2.45) is 0 Å². The van der Waals surface area contributed by atoms with Crippen LogP contribution in [0.15, 0.2) is 30.3 Å². The second-order valence-corrected chi connectivity index (χ2v) is 6.54. The van der Waals surface area contributed by atoms with Gasteiger partial charge in [0.25, 0.3) is 0 Å². The Kier molecular flexibility index (Phi) is 5.54. The fraction of sp³-hybridized carbons (Fsp3) is 0.368. The average molecular weight is 368 g/mol. The van der Waals surface area contributed by atoms with Crippen molar-refractivity contribution in [2.75, 3.05) is 41.7 Å². The lowest BCUT2D eigenvalue weighted by Crippen LogP contribution is -2.48. The van der Waals surface area contributed by atoms with Gasteiger partial charge in [-0.25, -0.2) is 9.97 Å². The smallest absolute Gasteiger partial charge is 0.221 e. The van der Waals surface area contributed by atoms with Crippen molar-refractivity contribution in [1.29, 1.82) is 0 Å². The van der Waals surface area contributed by atoms with Crippen LogP contribution in [-0.4, -0.2) is 52.9 Å². The van der Waals surface area contributed by atoms with Crippen molar-refractivity contribution >= 4 is 34.8 Å². The number of aryl methyl sites for hydroxylation is 1. The maximum Gasteiger partial charge on any atom is 0.221 e. The van der Waals surface area contributed by atoms with E-state index >= 15 is 0 Å². The molecule has 1 aromatic carbocycles. The van der Waals surface area contributed by atoms with Gasteiger partial charge in [-0.05, 0) is 31.2 Å². The van der Waals surface area contributed by atoms with Crippen molar-refractivity contribution < 1.29 is 9.59 Å². The molecule has 2 amide bonds. The second kappa shape index (κ2) is 8.03. The summed E-state index contributed by atoms with van der Waals surface area (Å²) in [5, 5.41) is 6.02. The van der Waals surface area contributed by atoms with Crippen molar-refractivity contribution in [3.63, 3.8) is 0 Å². The maximum absolute atomic E-state index is 11.5. The highest BCUT2D eigenvalue weighted by atomic mass is 16.2. The minimum absolute atomic E-state index is 0.100. The number of hydrogen-bond donors (Lipinski definition) is 2. The summed E-state index contributed by atoms with van der Waals surface area (Å²) in [5.41, 5.74) is 1.62. The SMILES string of the molecule is CC(=O)Nc1ccc(Nc2cc(N3CCN(C(C)=O)CC3)nc(C)n2)cc1. The molecule has 0 unspecified atom stereocenters. The first-order valence-electron chi connectivity index (χ1n) is 8.91. The van der Waals surface area contributed by atoms with Gasteiger partial charge in [0.2, 0.25) is 11.8 Å². The number of nitrogens with zero attached hydrogens (tertiary/aromatic N) is 4. The van der Waals surface area contributed by atoms with Gasteiger partial charge in [-0.1, -0.05) is 0 Å². The number of carbonyl (C=O) groups is 2. The molecular formula is C19H24N6O2. The molecule has 2 N–H and O–H groups in total. The van der Waals surface area contributed by atoms with Crippen molar-refractivity contribution in [1.82, 2.24) is 14.9 Å². The minimum atomic E-state index is -0.100. The second-order valence-electron chi connectivity index (χ2n) is 6.54. The highest BCUT2D eigenvalue weighted by molar-refractivity contribution is 5.88. The van der Waals surface area contributed by atoms with Gasteiger partial charge in [0.1, 0.15) is 17.5 Å². The van der Waals surface area contributed by atoms with Crippen LogP contribution < -0.4 is 15.5 Å². The molecule has 3 rings (SSSR count). The van der Waals surface area contributed by atoms with E-state index in [2.05, 4.69) is 25.5 Å². The van der Waals surface area contributed by atoms with E-state index in [-0.39, 0.29) is 11.8 Å². The standard InChI is InChI=1S/C19H24N6O2/c1-13-20-18(23-17-6-4-16(5-7-17)22-14(2)26)12-19(21-13)25-10-8-24(9-11-25)15(3)27/h4-7,12H,8-11H2,1-3H3,(H,22,26)(H,20,21,23). The largest absolute Gasteiger partial charge is 0.353 e. The van der Waals surface area contributed by atoms with Crippen LogP contribution in [-0.2, 0) is 9.59 Å². The van der Waals surface area contributed by atoms with E-state index in [0.29, 0.717) is 24.7 Å². The van der Waals surface area contributed by atoms with E-state index in [1.54, 1.807) is 6.92 Å². The summed E-state index contributed by atoms with van der Waals surface area (Å²) in [6, 6.07) is 9.35. The summed E-state index contributed by atoms with van der Waals surface area (Å²) in [7, 11) is 0. The Bertz CT molecular complexity index is 829. The van der Waals surface area contributed by atoms with Gasteiger partial charge in [-0.2, -0.15) is 0 Å². The van der Waals surface area contributed by atoms with Crippen LogP contribution in [0.25, 0.3) is 0 Å². The lowest BCUT2D eigenvalue weighted by molar-refractivity contribution is -0.129. The zero-order chi connectivity index (χ0) is 19.4. The number of amides is 2. The van der Waals surface area contributed by atoms with Crippen molar-refractivity contribution in [3.05, 3.63) is 36.2 Å². The highest BCUT2D eigenvalue weighted by Crippen LogP contribution is 2.22. The molecule has 0 aliphatic carbocycles. The molecule has 0 saturated carbocycles. The Balaban J connectivity index is 1.70. The van der Waals surface area contributed by atoms with Crippen LogP contribution in [0.1, 0.15) is 19.7 Å². The summed E-state index contributed by atoms with van der Waals surface area (Å²) in [4.78, 5) is 35.6. The molecule has 2 heterocycles. The molecule has 1 aromatic heterocycles. The Morgan fingerprint density at radius 2 is 1.59 bits per heavy atom. The molecule has 1 saturated heterocycles. The zero-order valence-corrected chi connectivity index (χ0v) is 15.8. The fourth-order valence-corrected chi connectivity index (χ4v) is 3.02. The fourth-order valence-electron chi connectivity index (χ4n) is 3.02. The first kappa shape index (κ1) is 18.6. The zero-order valence-electron chi connectivity index (χ0n) is 15.8. The quantitative estimate of drug-likeness (QED) is 0.859. The third kappa shape index (κ3) is 4.93. The molecule has 27 heavy (non-hydrogen) atoms. The summed E-state index contributed by atoms with van der Waals surface area (Å²) in [6.07, 6.45) is 0. The predicted molar refractivity (Wildman–Crippen MR) is 105 cm³/mol. The molecule has 142 valence electrons. The third-order valence-electron chi connectivity index (χ3n) is 4.35. The molecule has 0 spiro atoms. The lowest BCUT2D eigenvalue weighted by atomic mass is 10.2. The summed E-state index contributed by atoms with van der Waals surface area (Å²) >= 11 is 0. The van der Waals surface area contributed by atoms with E-state index < -0.39 is 0 Å². The summed E-state index contributed by atoms with van der Waals surface area (Å²) in [5.74, 6) is 2.25. The van der Waals surface area contributed by atoms with Crippen molar-refractivity contribution in [3.8, 4) is 0 Å². The van der Waals surface area contributed by atoms with Gasteiger partial charge < -0.3 is 20.4 Å². The molecule has 1 fully saturated rings. The minimum Gasteiger partial charge on any atom is -0.353 e. The van der Waals surface area contributed by atoms with Gasteiger partial charge in [0, 0.05) is 57.5 Å². The van der Waals surface area contributed by atoms with Crippen LogP contribution in [0.4, 0.5) is 23.0 Å². The average Bonchev–Trinajstić information content (AvgIpc) is 2.62. The number of piperazine rings is 1. The number of benzene rings is 1. The Morgan fingerprint density at radius 1 is 0.963 bits per heavy atom. The Hall–Kier alpha value is -3.16. The summed E-state index contributed by atoms with van der Waals surface area (Å²) in [6.45, 7) is 7.84. The predicted octanol–water partition coefficient (Wildman–Crippen LogP) is 2.16. The molecule has 8 heteroatoms. The normalized spacial score (nSPS) is 14.0. The number of rotatable bonds is 4. The molecule has 1 aliphatic heterocycles. The topological polar surface area (TPSA) is 90.5 Å². The molecule has 0 bridgehead atoms. The van der Waals surface area contributed by atoms with Gasteiger partial charge >= 0.3 is 0 Å². The number of nitrogens with one attached hydrogen (secondary N) is 2. The van der Waals surface area contributed by atoms with E-state index in [4.69, 9.17) is 0 Å². The summed E-state index contributed by atoms with van der Waals surface area (Å²) < 4.78 is 0. The van der Waals surface area contributed by atoms with Gasteiger partial charge in [0.05, 0.1) is 0 Å². The van der Waals surface area contributed by atoms with Crippen LogP contribution >= 0.6 is 0 Å². The van der Waals surface area contributed by atoms with E-state index in [0.717, 1.165) is 30.3 Å². The van der Waals surface area contributed by atoms with Crippen LogP contribution in [0.2, 0.25) is 0 Å². The molecule has 0 atom stereocenters. The van der Waals surface area contributed by atoms with Crippen molar-refractivity contribution in [2.45, 2.75) is 20.8 Å². The maximum atomic E-state index is 11.5. The number of aromatic nitrogens is 2. The Labute approximate surface area is 158 Å². The first-order valence-corrected chi connectivity index (χ1v) is 8.91. The molecule has 8 nitrogen and oxygen atoms in total. The molecule has 1 aliphatic rings. The van der Waals surface area contributed by atoms with E-state index in [1.807, 2.05) is 42.2 Å². The van der Waals surface area contributed by atoms with Gasteiger partial charge in [-0.15, -0.1) is 0 Å². The Morgan fingerprint density at radius 3 is 2.19 bits per heavy atom. The van der Waals surface area contributed by atoms with E-state index in [9.17, 15) is 9.59 Å². The highest BCUT2D eigenvalue weighted by Gasteiger charge is 2.20. The molecule has 2 aromatic rings. The van der Waals surface area contributed by atoms with Crippen LogP contribution in [0.3, 0.4) is 0 Å². The van der Waals surface area contributed by atoms with Crippen LogP contribution in [0, 0.1) is 6.92 Å². The van der Waals surface area contributed by atoms with Gasteiger partial charge in [0.15, 0.2) is 0 Å². The molecule has 0 radical (unpaired) electrons. The lowest BCUT2D eigenvalue weighted by Gasteiger charge is -2.35. The molecular weight excluding hydrogens is 344 g/mol. The first-order chi connectivity index (χ1) is 12.9. The van der Waals surface area contributed by atoms with Gasteiger partial charge in [-0.3, -0.25) is 9.59 Å².